The van der Waals surface area contributed by atoms with Crippen molar-refractivity contribution in [1.82, 2.24) is 0 Å². The van der Waals surface area contributed by atoms with Gasteiger partial charge in [0.2, 0.25) is 0 Å². The Bertz CT molecular complexity index is 956. The molecule has 2 rings (SSSR count). The summed E-state index contributed by atoms with van der Waals surface area (Å²) < 4.78 is 4.93. The molecule has 1 amide bonds. The molecule has 0 unspecified atom stereocenters. The highest BCUT2D eigenvalue weighted by atomic mass is 35.5. The maximum Gasteiger partial charge on any atom is 0.341 e. The third-order valence-corrected chi connectivity index (χ3v) is 4.36. The Kier molecular flexibility index (Phi) is 7.65. The van der Waals surface area contributed by atoms with Crippen molar-refractivity contribution in [2.75, 3.05) is 11.9 Å². The van der Waals surface area contributed by atoms with Gasteiger partial charge in [0, 0.05) is 10.6 Å². The number of amides is 1. The molecule has 0 aliphatic heterocycles. The second kappa shape index (κ2) is 9.75. The molecular weight excluding hydrogens is 447 g/mol. The normalized spacial score (nSPS) is 11.0. The first-order chi connectivity index (χ1) is 13.2. The molecule has 2 aromatic rings. The molecule has 0 aromatic heterocycles. The first-order valence-corrected chi connectivity index (χ1v) is 9.14. The standard InChI is InChI=1S/C18H13Cl3N2O4S/c19-10-6-12(20)16(13(21)7-10)23-15(25)8-27-18(26)11(17(22)28)5-9-3-1-2-4-14(9)24/h1-7,24H,8H2,(H2,22,28)(H,23,25)/b11-5-. The first-order valence-electron chi connectivity index (χ1n) is 7.60. The zero-order valence-corrected chi connectivity index (χ0v) is 17.1. The first kappa shape index (κ1) is 22.0. The third kappa shape index (κ3) is 5.84. The van der Waals surface area contributed by atoms with Gasteiger partial charge in [0.15, 0.2) is 6.61 Å². The molecule has 0 fully saturated rings. The number of ether oxygens (including phenoxy) is 1. The van der Waals surface area contributed by atoms with Crippen LogP contribution in [0.2, 0.25) is 15.1 Å². The molecule has 0 aliphatic carbocycles. The number of nitrogens with one attached hydrogen (secondary N) is 1. The second-order valence-corrected chi connectivity index (χ2v) is 7.04. The molecule has 28 heavy (non-hydrogen) atoms. The third-order valence-electron chi connectivity index (χ3n) is 3.33. The van der Waals surface area contributed by atoms with E-state index in [4.69, 9.17) is 57.5 Å². The molecule has 10 heteroatoms. The van der Waals surface area contributed by atoms with E-state index >= 15 is 0 Å². The zero-order chi connectivity index (χ0) is 20.8. The Morgan fingerprint density at radius 3 is 2.36 bits per heavy atom. The van der Waals surface area contributed by atoms with Crippen LogP contribution in [-0.2, 0) is 14.3 Å². The summed E-state index contributed by atoms with van der Waals surface area (Å²) in [4.78, 5) is 24.0. The molecule has 146 valence electrons. The highest BCUT2D eigenvalue weighted by Gasteiger charge is 2.18. The SMILES string of the molecule is NC(=S)/C(=C/c1ccccc1O)C(=O)OCC(=O)Nc1c(Cl)cc(Cl)cc1Cl. The topological polar surface area (TPSA) is 102 Å². The summed E-state index contributed by atoms with van der Waals surface area (Å²) in [6.45, 7) is -0.644. The lowest BCUT2D eigenvalue weighted by atomic mass is 10.1. The van der Waals surface area contributed by atoms with E-state index in [1.165, 1.54) is 24.3 Å². The van der Waals surface area contributed by atoms with Crippen LogP contribution in [-0.4, -0.2) is 28.6 Å². The average Bonchev–Trinajstić information content (AvgIpc) is 2.61. The number of para-hydroxylation sites is 1. The number of anilines is 1. The molecular formula is C18H13Cl3N2O4S. The second-order valence-electron chi connectivity index (χ2n) is 5.35. The number of carbonyl (C=O) groups is 2. The van der Waals surface area contributed by atoms with Crippen molar-refractivity contribution in [2.45, 2.75) is 0 Å². The van der Waals surface area contributed by atoms with E-state index in [1.807, 2.05) is 0 Å². The fraction of sp³-hybridized carbons (Fsp3) is 0.0556. The summed E-state index contributed by atoms with van der Waals surface area (Å²) in [5.41, 5.74) is 5.82. The summed E-state index contributed by atoms with van der Waals surface area (Å²) in [5.74, 6) is -1.70. The monoisotopic (exact) mass is 458 g/mol. The Labute approximate surface area is 180 Å². The van der Waals surface area contributed by atoms with Crippen LogP contribution in [0.15, 0.2) is 42.0 Å². The van der Waals surface area contributed by atoms with Crippen molar-refractivity contribution < 1.29 is 19.4 Å². The fourth-order valence-electron chi connectivity index (χ4n) is 2.04. The number of halogens is 3. The van der Waals surface area contributed by atoms with E-state index in [9.17, 15) is 14.7 Å². The number of hydrogen-bond acceptors (Lipinski definition) is 5. The van der Waals surface area contributed by atoms with Crippen molar-refractivity contribution in [3.8, 4) is 5.75 Å². The molecule has 0 aliphatic rings. The lowest BCUT2D eigenvalue weighted by Gasteiger charge is -2.11. The minimum Gasteiger partial charge on any atom is -0.507 e. The molecule has 0 heterocycles. The van der Waals surface area contributed by atoms with Crippen LogP contribution in [0.4, 0.5) is 5.69 Å². The number of aromatic hydroxyl groups is 1. The quantitative estimate of drug-likeness (QED) is 0.340. The predicted octanol–water partition coefficient (Wildman–Crippen LogP) is 4.20. The van der Waals surface area contributed by atoms with Gasteiger partial charge in [0.05, 0.1) is 21.3 Å². The smallest absolute Gasteiger partial charge is 0.341 e. The molecule has 0 radical (unpaired) electrons. The van der Waals surface area contributed by atoms with Gasteiger partial charge in [0.25, 0.3) is 5.91 Å². The maximum atomic E-state index is 12.2. The van der Waals surface area contributed by atoms with Gasteiger partial charge in [-0.25, -0.2) is 4.79 Å². The Morgan fingerprint density at radius 1 is 1.18 bits per heavy atom. The number of benzene rings is 2. The van der Waals surface area contributed by atoms with Gasteiger partial charge in [-0.1, -0.05) is 65.2 Å². The Balaban J connectivity index is 2.08. The van der Waals surface area contributed by atoms with Crippen LogP contribution in [0.1, 0.15) is 5.56 Å². The number of carbonyl (C=O) groups excluding carboxylic acids is 2. The van der Waals surface area contributed by atoms with E-state index in [-0.39, 0.29) is 32.0 Å². The van der Waals surface area contributed by atoms with E-state index in [1.54, 1.807) is 18.2 Å². The Morgan fingerprint density at radius 2 is 1.79 bits per heavy atom. The minimum absolute atomic E-state index is 0.0752. The fourth-order valence-corrected chi connectivity index (χ4v) is 3.10. The molecule has 0 spiro atoms. The van der Waals surface area contributed by atoms with Gasteiger partial charge in [-0.2, -0.15) is 0 Å². The summed E-state index contributed by atoms with van der Waals surface area (Å²) >= 11 is 22.6. The molecule has 4 N–H and O–H groups in total. The van der Waals surface area contributed by atoms with E-state index < -0.39 is 18.5 Å². The minimum atomic E-state index is -0.931. The van der Waals surface area contributed by atoms with Crippen molar-refractivity contribution in [3.05, 3.63) is 62.6 Å². The van der Waals surface area contributed by atoms with Gasteiger partial charge < -0.3 is 20.9 Å². The van der Waals surface area contributed by atoms with E-state index in [2.05, 4.69) is 5.32 Å². The molecule has 0 saturated carbocycles. The number of rotatable bonds is 6. The number of phenols is 1. The van der Waals surface area contributed by atoms with Crippen LogP contribution < -0.4 is 11.1 Å². The zero-order valence-electron chi connectivity index (χ0n) is 14.0. The number of nitrogens with two attached hydrogens (primary N) is 1. The highest BCUT2D eigenvalue weighted by molar-refractivity contribution is 7.80. The van der Waals surface area contributed by atoms with Crippen LogP contribution in [0.5, 0.6) is 5.75 Å². The summed E-state index contributed by atoms with van der Waals surface area (Å²) in [6.07, 6.45) is 1.27. The molecule has 6 nitrogen and oxygen atoms in total. The van der Waals surface area contributed by atoms with Crippen LogP contribution in [0.3, 0.4) is 0 Å². The Hall–Kier alpha value is -2.32. The van der Waals surface area contributed by atoms with Gasteiger partial charge in [0.1, 0.15) is 10.7 Å². The van der Waals surface area contributed by atoms with Crippen molar-refractivity contribution >= 4 is 75.6 Å². The number of phenolic OH excluding ortho intramolecular Hbond substituents is 1. The van der Waals surface area contributed by atoms with Crippen LogP contribution in [0.25, 0.3) is 6.08 Å². The summed E-state index contributed by atoms with van der Waals surface area (Å²) in [7, 11) is 0. The van der Waals surface area contributed by atoms with E-state index in [0.717, 1.165) is 0 Å². The lowest BCUT2D eigenvalue weighted by molar-refractivity contribution is -0.142. The van der Waals surface area contributed by atoms with Gasteiger partial charge in [-0.15, -0.1) is 0 Å². The van der Waals surface area contributed by atoms with Crippen LogP contribution in [0, 0.1) is 0 Å². The number of thiocarbonyl (C=S) groups is 1. The molecule has 0 saturated heterocycles. The average molecular weight is 460 g/mol. The summed E-state index contributed by atoms with van der Waals surface area (Å²) in [5, 5.41) is 12.8. The number of hydrogen-bond donors (Lipinski definition) is 3. The van der Waals surface area contributed by atoms with Gasteiger partial charge in [-0.05, 0) is 24.3 Å². The molecule has 2 aromatic carbocycles. The van der Waals surface area contributed by atoms with E-state index in [0.29, 0.717) is 10.6 Å². The summed E-state index contributed by atoms with van der Waals surface area (Å²) in [6, 6.07) is 9.05. The van der Waals surface area contributed by atoms with Gasteiger partial charge in [-0.3, -0.25) is 4.79 Å². The van der Waals surface area contributed by atoms with Crippen molar-refractivity contribution in [1.29, 1.82) is 0 Å². The lowest BCUT2D eigenvalue weighted by Crippen LogP contribution is -2.25. The molecule has 0 atom stereocenters. The highest BCUT2D eigenvalue weighted by Crippen LogP contribution is 2.33. The predicted molar refractivity (Wildman–Crippen MR) is 114 cm³/mol. The molecule has 0 bridgehead atoms. The maximum absolute atomic E-state index is 12.2. The van der Waals surface area contributed by atoms with Crippen LogP contribution >= 0.6 is 47.0 Å². The van der Waals surface area contributed by atoms with Gasteiger partial charge >= 0.3 is 5.97 Å². The largest absolute Gasteiger partial charge is 0.507 e. The van der Waals surface area contributed by atoms with Crippen molar-refractivity contribution in [3.63, 3.8) is 0 Å². The van der Waals surface area contributed by atoms with Crippen molar-refractivity contribution in [2.24, 2.45) is 5.73 Å². The number of esters is 1.